The van der Waals surface area contributed by atoms with E-state index >= 15 is 0 Å². The molecule has 0 aromatic heterocycles. The number of nitrogens with zero attached hydrogens (tertiary/aromatic N) is 1. The Morgan fingerprint density at radius 1 is 1.16 bits per heavy atom. The summed E-state index contributed by atoms with van der Waals surface area (Å²) in [5, 5.41) is 5.58. The molecule has 1 unspecified atom stereocenters. The molecule has 160 valence electrons. The number of halogens is 1. The van der Waals surface area contributed by atoms with Crippen LogP contribution in [0.15, 0.2) is 59.3 Å². The molecule has 0 aliphatic carbocycles. The van der Waals surface area contributed by atoms with E-state index in [4.69, 9.17) is 16.3 Å². The second-order valence-electron chi connectivity index (χ2n) is 7.47. The van der Waals surface area contributed by atoms with Gasteiger partial charge in [-0.3, -0.25) is 14.4 Å². The lowest BCUT2D eigenvalue weighted by molar-refractivity contribution is -0.120. The van der Waals surface area contributed by atoms with E-state index in [1.807, 2.05) is 19.1 Å². The van der Waals surface area contributed by atoms with Gasteiger partial charge in [0.25, 0.3) is 17.7 Å². The molecule has 1 fully saturated rings. The van der Waals surface area contributed by atoms with E-state index in [-0.39, 0.29) is 22.7 Å². The summed E-state index contributed by atoms with van der Waals surface area (Å²) in [6.45, 7) is 2.99. The fraction of sp³-hybridized carbons (Fsp3) is 0.261. The topological polar surface area (TPSA) is 87.7 Å². The van der Waals surface area contributed by atoms with Gasteiger partial charge in [-0.15, -0.1) is 0 Å². The largest absolute Gasteiger partial charge is 0.376 e. The van der Waals surface area contributed by atoms with Crippen molar-refractivity contribution < 1.29 is 19.1 Å². The molecule has 2 aliphatic heterocycles. The lowest BCUT2D eigenvalue weighted by atomic mass is 10.1. The number of ether oxygens (including phenoxy) is 1. The van der Waals surface area contributed by atoms with Gasteiger partial charge in [0.1, 0.15) is 10.7 Å². The van der Waals surface area contributed by atoms with E-state index in [0.717, 1.165) is 29.9 Å². The SMILES string of the molecule is Cc1ccccc1N1C(=O)C(Cl)=C(Nc2cccc(C(=O)NCC3CCCO3)c2)C1=O. The van der Waals surface area contributed by atoms with Crippen LogP contribution >= 0.6 is 11.6 Å². The predicted octanol–water partition coefficient (Wildman–Crippen LogP) is 3.34. The first-order chi connectivity index (χ1) is 15.0. The van der Waals surface area contributed by atoms with Gasteiger partial charge in [0.05, 0.1) is 11.8 Å². The molecule has 8 heteroatoms. The van der Waals surface area contributed by atoms with Gasteiger partial charge in [-0.05, 0) is 49.6 Å². The molecule has 2 aromatic rings. The zero-order chi connectivity index (χ0) is 22.0. The molecule has 31 heavy (non-hydrogen) atoms. The summed E-state index contributed by atoms with van der Waals surface area (Å²) in [5.74, 6) is -1.37. The standard InChI is InChI=1S/C23H22ClN3O4/c1-14-6-2-3-10-18(14)27-22(29)19(24)20(23(27)30)26-16-8-4-7-15(12-16)21(28)25-13-17-9-5-11-31-17/h2-4,6-8,10,12,17,26H,5,9,11,13H2,1H3,(H,25,28). The predicted molar refractivity (Wildman–Crippen MR) is 118 cm³/mol. The normalized spacial score (nSPS) is 18.6. The van der Waals surface area contributed by atoms with Crippen LogP contribution in [0.25, 0.3) is 0 Å². The van der Waals surface area contributed by atoms with Crippen LogP contribution in [0, 0.1) is 6.92 Å². The van der Waals surface area contributed by atoms with Gasteiger partial charge in [0, 0.05) is 24.4 Å². The van der Waals surface area contributed by atoms with E-state index < -0.39 is 11.8 Å². The number of nitrogens with one attached hydrogen (secondary N) is 2. The summed E-state index contributed by atoms with van der Waals surface area (Å²) in [4.78, 5) is 39.2. The van der Waals surface area contributed by atoms with Crippen molar-refractivity contribution in [3.05, 3.63) is 70.4 Å². The van der Waals surface area contributed by atoms with Gasteiger partial charge in [0.15, 0.2) is 0 Å². The molecule has 0 spiro atoms. The van der Waals surface area contributed by atoms with Gasteiger partial charge < -0.3 is 15.4 Å². The number of hydrogen-bond donors (Lipinski definition) is 2. The van der Waals surface area contributed by atoms with Crippen LogP contribution in [0.5, 0.6) is 0 Å². The smallest absolute Gasteiger partial charge is 0.283 e. The first-order valence-corrected chi connectivity index (χ1v) is 10.4. The maximum Gasteiger partial charge on any atom is 0.283 e. The van der Waals surface area contributed by atoms with Crippen LogP contribution in [0.1, 0.15) is 28.8 Å². The summed E-state index contributed by atoms with van der Waals surface area (Å²) < 4.78 is 5.52. The Morgan fingerprint density at radius 3 is 2.71 bits per heavy atom. The Morgan fingerprint density at radius 2 is 1.97 bits per heavy atom. The lowest BCUT2D eigenvalue weighted by Gasteiger charge is -2.17. The molecule has 2 heterocycles. The van der Waals surface area contributed by atoms with Crippen LogP contribution in [0.2, 0.25) is 0 Å². The summed E-state index contributed by atoms with van der Waals surface area (Å²) in [6.07, 6.45) is 1.98. The monoisotopic (exact) mass is 439 g/mol. The van der Waals surface area contributed by atoms with Gasteiger partial charge in [-0.1, -0.05) is 35.9 Å². The number of rotatable bonds is 6. The molecule has 0 radical (unpaired) electrons. The lowest BCUT2D eigenvalue weighted by Crippen LogP contribution is -2.33. The van der Waals surface area contributed by atoms with Crippen molar-refractivity contribution in [3.8, 4) is 0 Å². The van der Waals surface area contributed by atoms with Gasteiger partial charge in [-0.2, -0.15) is 0 Å². The van der Waals surface area contributed by atoms with Crippen LogP contribution < -0.4 is 15.5 Å². The Labute approximate surface area is 185 Å². The quantitative estimate of drug-likeness (QED) is 0.674. The van der Waals surface area contributed by atoms with Crippen molar-refractivity contribution in [2.45, 2.75) is 25.9 Å². The summed E-state index contributed by atoms with van der Waals surface area (Å²) >= 11 is 6.21. The summed E-state index contributed by atoms with van der Waals surface area (Å²) in [7, 11) is 0. The Balaban J connectivity index is 1.49. The molecule has 7 nitrogen and oxygen atoms in total. The van der Waals surface area contributed by atoms with E-state index in [0.29, 0.717) is 23.5 Å². The van der Waals surface area contributed by atoms with Gasteiger partial charge in [0.2, 0.25) is 0 Å². The number of imide groups is 1. The zero-order valence-electron chi connectivity index (χ0n) is 17.0. The minimum Gasteiger partial charge on any atom is -0.376 e. The number of amides is 3. The van der Waals surface area contributed by atoms with Crippen molar-refractivity contribution in [1.82, 2.24) is 5.32 Å². The molecule has 0 bridgehead atoms. The minimum atomic E-state index is -0.589. The van der Waals surface area contributed by atoms with Crippen molar-refractivity contribution >= 4 is 40.7 Å². The number of carbonyl (C=O) groups excluding carboxylic acids is 3. The van der Waals surface area contributed by atoms with E-state index in [1.165, 1.54) is 0 Å². The van der Waals surface area contributed by atoms with E-state index in [9.17, 15) is 14.4 Å². The molecular formula is C23H22ClN3O4. The number of anilines is 2. The maximum atomic E-state index is 13.0. The highest BCUT2D eigenvalue weighted by molar-refractivity contribution is 6.53. The average molecular weight is 440 g/mol. The number of benzene rings is 2. The first kappa shape index (κ1) is 21.1. The highest BCUT2D eigenvalue weighted by atomic mass is 35.5. The van der Waals surface area contributed by atoms with Crippen LogP contribution in [0.4, 0.5) is 11.4 Å². The molecule has 2 aliphatic rings. The second kappa shape index (κ2) is 8.91. The molecule has 4 rings (SSSR count). The van der Waals surface area contributed by atoms with Crippen molar-refractivity contribution in [2.75, 3.05) is 23.4 Å². The van der Waals surface area contributed by atoms with E-state index in [1.54, 1.807) is 36.4 Å². The third-order valence-electron chi connectivity index (χ3n) is 5.29. The molecule has 1 saturated heterocycles. The van der Waals surface area contributed by atoms with Gasteiger partial charge in [-0.25, -0.2) is 4.90 Å². The fourth-order valence-corrected chi connectivity index (χ4v) is 3.85. The summed E-state index contributed by atoms with van der Waals surface area (Å²) in [6, 6.07) is 13.8. The summed E-state index contributed by atoms with van der Waals surface area (Å²) in [5.41, 5.74) is 2.14. The highest BCUT2D eigenvalue weighted by Crippen LogP contribution is 2.31. The number of hydrogen-bond acceptors (Lipinski definition) is 5. The Bertz CT molecular complexity index is 1080. The van der Waals surface area contributed by atoms with E-state index in [2.05, 4.69) is 10.6 Å². The molecule has 0 saturated carbocycles. The maximum absolute atomic E-state index is 13.0. The average Bonchev–Trinajstić information content (AvgIpc) is 3.36. The second-order valence-corrected chi connectivity index (χ2v) is 7.85. The zero-order valence-corrected chi connectivity index (χ0v) is 17.7. The van der Waals surface area contributed by atoms with Crippen LogP contribution in [-0.4, -0.2) is 37.0 Å². The molecule has 3 amide bonds. The van der Waals surface area contributed by atoms with Crippen LogP contribution in [-0.2, 0) is 14.3 Å². The van der Waals surface area contributed by atoms with Gasteiger partial charge >= 0.3 is 0 Å². The van der Waals surface area contributed by atoms with Crippen molar-refractivity contribution in [3.63, 3.8) is 0 Å². The number of para-hydroxylation sites is 1. The first-order valence-electron chi connectivity index (χ1n) is 10.1. The Kier molecular flexibility index (Phi) is 6.06. The van der Waals surface area contributed by atoms with Crippen molar-refractivity contribution in [1.29, 1.82) is 0 Å². The minimum absolute atomic E-state index is 0.0215. The molecule has 2 aromatic carbocycles. The highest BCUT2D eigenvalue weighted by Gasteiger charge is 2.39. The molecule has 1 atom stereocenters. The third-order valence-corrected chi connectivity index (χ3v) is 5.64. The fourth-order valence-electron chi connectivity index (χ4n) is 3.64. The van der Waals surface area contributed by atoms with Crippen LogP contribution in [0.3, 0.4) is 0 Å². The molecular weight excluding hydrogens is 418 g/mol. The number of aryl methyl sites for hydroxylation is 1. The Hall–Kier alpha value is -3.16. The van der Waals surface area contributed by atoms with Crippen molar-refractivity contribution in [2.24, 2.45) is 0 Å². The molecule has 2 N–H and O–H groups in total. The number of carbonyl (C=O) groups is 3. The third kappa shape index (κ3) is 4.33.